The summed E-state index contributed by atoms with van der Waals surface area (Å²) < 4.78 is 0. The number of nitrogens with zero attached hydrogens (tertiary/aromatic N) is 2. The van der Waals surface area contributed by atoms with Crippen LogP contribution in [-0.4, -0.2) is 42.1 Å². The quantitative estimate of drug-likeness (QED) is 0.735. The highest BCUT2D eigenvalue weighted by atomic mass is 16.4. The summed E-state index contributed by atoms with van der Waals surface area (Å²) in [5, 5.41) is 11.9. The molecule has 1 unspecified atom stereocenters. The molecule has 1 aromatic rings. The van der Waals surface area contributed by atoms with Crippen LogP contribution in [0.4, 0.5) is 11.5 Å². The number of nitrogen functional groups attached to an aromatic ring is 1. The molecule has 1 saturated heterocycles. The predicted molar refractivity (Wildman–Crippen MR) is 74.6 cm³/mol. The van der Waals surface area contributed by atoms with Crippen molar-refractivity contribution in [3.8, 4) is 0 Å². The number of piperidine rings is 1. The summed E-state index contributed by atoms with van der Waals surface area (Å²) in [6, 6.07) is 1.40. The van der Waals surface area contributed by atoms with Crippen molar-refractivity contribution in [1.29, 1.82) is 0 Å². The molecule has 0 bridgehead atoms. The Morgan fingerprint density at radius 1 is 1.55 bits per heavy atom. The van der Waals surface area contributed by atoms with Crippen LogP contribution in [0.2, 0.25) is 0 Å². The molecule has 0 radical (unpaired) electrons. The van der Waals surface area contributed by atoms with E-state index in [2.05, 4.69) is 10.3 Å². The van der Waals surface area contributed by atoms with E-state index >= 15 is 0 Å². The number of amides is 1. The lowest BCUT2D eigenvalue weighted by molar-refractivity contribution is -0.124. The van der Waals surface area contributed by atoms with E-state index in [1.807, 2.05) is 4.90 Å². The van der Waals surface area contributed by atoms with Crippen molar-refractivity contribution in [1.82, 2.24) is 10.3 Å². The van der Waals surface area contributed by atoms with Gasteiger partial charge in [0.15, 0.2) is 0 Å². The maximum absolute atomic E-state index is 11.7. The number of rotatable bonds is 3. The van der Waals surface area contributed by atoms with Crippen LogP contribution in [0.1, 0.15) is 23.2 Å². The lowest BCUT2D eigenvalue weighted by Crippen LogP contribution is -2.43. The van der Waals surface area contributed by atoms with Crippen LogP contribution >= 0.6 is 0 Å². The number of carboxylic acid groups (broad SMARTS) is 1. The highest BCUT2D eigenvalue weighted by molar-refractivity contribution is 5.94. The minimum Gasteiger partial charge on any atom is -0.478 e. The molecule has 7 heteroatoms. The second-order valence-corrected chi connectivity index (χ2v) is 4.84. The highest BCUT2D eigenvalue weighted by Gasteiger charge is 2.28. The lowest BCUT2D eigenvalue weighted by atomic mass is 9.97. The molecule has 108 valence electrons. The second-order valence-electron chi connectivity index (χ2n) is 4.84. The summed E-state index contributed by atoms with van der Waals surface area (Å²) in [7, 11) is 1.60. The number of hydrogen-bond acceptors (Lipinski definition) is 5. The summed E-state index contributed by atoms with van der Waals surface area (Å²) in [6.45, 7) is 1.15. The van der Waals surface area contributed by atoms with Gasteiger partial charge in [0.2, 0.25) is 5.91 Å². The number of pyridine rings is 1. The highest BCUT2D eigenvalue weighted by Crippen LogP contribution is 2.26. The normalized spacial score (nSPS) is 18.6. The Morgan fingerprint density at radius 2 is 2.30 bits per heavy atom. The zero-order chi connectivity index (χ0) is 14.7. The Morgan fingerprint density at radius 3 is 2.95 bits per heavy atom. The lowest BCUT2D eigenvalue weighted by Gasteiger charge is -2.33. The van der Waals surface area contributed by atoms with Crippen molar-refractivity contribution in [3.05, 3.63) is 17.8 Å². The molecule has 7 nitrogen and oxygen atoms in total. The zero-order valence-corrected chi connectivity index (χ0v) is 11.3. The van der Waals surface area contributed by atoms with Gasteiger partial charge in [-0.1, -0.05) is 0 Å². The van der Waals surface area contributed by atoms with Crippen molar-refractivity contribution >= 4 is 23.4 Å². The Kier molecular flexibility index (Phi) is 4.07. The number of hydrogen-bond donors (Lipinski definition) is 3. The van der Waals surface area contributed by atoms with Crippen molar-refractivity contribution < 1.29 is 14.7 Å². The Hall–Kier alpha value is -2.31. The molecule has 1 aliphatic heterocycles. The smallest absolute Gasteiger partial charge is 0.339 e. The van der Waals surface area contributed by atoms with Gasteiger partial charge in [0.1, 0.15) is 11.4 Å². The van der Waals surface area contributed by atoms with Gasteiger partial charge < -0.3 is 21.1 Å². The van der Waals surface area contributed by atoms with Gasteiger partial charge in [-0.05, 0) is 18.9 Å². The number of carbonyl (C=O) groups is 2. The molecule has 1 fully saturated rings. The number of nitrogens with two attached hydrogens (primary N) is 1. The van der Waals surface area contributed by atoms with E-state index in [9.17, 15) is 14.7 Å². The largest absolute Gasteiger partial charge is 0.478 e. The monoisotopic (exact) mass is 278 g/mol. The van der Waals surface area contributed by atoms with Gasteiger partial charge >= 0.3 is 5.97 Å². The Balaban J connectivity index is 2.27. The number of aromatic nitrogens is 1. The average molecular weight is 278 g/mol. The van der Waals surface area contributed by atoms with E-state index in [0.29, 0.717) is 24.6 Å². The van der Waals surface area contributed by atoms with Gasteiger partial charge in [0, 0.05) is 20.1 Å². The minimum atomic E-state index is -1.07. The van der Waals surface area contributed by atoms with E-state index in [4.69, 9.17) is 5.73 Å². The van der Waals surface area contributed by atoms with Crippen molar-refractivity contribution in [2.45, 2.75) is 12.8 Å². The van der Waals surface area contributed by atoms with Crippen LogP contribution in [0.15, 0.2) is 12.3 Å². The predicted octanol–water partition coefficient (Wildman–Crippen LogP) is 0.324. The number of carbonyl (C=O) groups excluding carboxylic acids is 1. The molecule has 2 rings (SSSR count). The number of carboxylic acids is 1. The summed E-state index contributed by atoms with van der Waals surface area (Å²) in [6.07, 6.45) is 3.06. The average Bonchev–Trinajstić information content (AvgIpc) is 2.46. The van der Waals surface area contributed by atoms with Crippen LogP contribution < -0.4 is 16.0 Å². The van der Waals surface area contributed by atoms with Crippen LogP contribution in [-0.2, 0) is 4.79 Å². The molecule has 1 atom stereocenters. The Bertz CT molecular complexity index is 532. The van der Waals surface area contributed by atoms with E-state index in [-0.39, 0.29) is 17.4 Å². The molecule has 20 heavy (non-hydrogen) atoms. The number of aromatic carboxylic acids is 1. The molecule has 1 aromatic heterocycles. The topological polar surface area (TPSA) is 109 Å². The second kappa shape index (κ2) is 5.77. The standard InChI is InChI=1S/C13H18N4O3/c1-15-12(18)8-3-2-4-17(7-8)11-10(13(19)20)5-9(14)6-16-11/h5-6,8H,2-4,7,14H2,1H3,(H,15,18)(H,19,20). The number of nitrogens with one attached hydrogen (secondary N) is 1. The maximum Gasteiger partial charge on any atom is 0.339 e. The molecule has 0 spiro atoms. The first-order chi connectivity index (χ1) is 9.52. The van der Waals surface area contributed by atoms with Crippen molar-refractivity contribution in [2.75, 3.05) is 30.8 Å². The van der Waals surface area contributed by atoms with Gasteiger partial charge in [-0.2, -0.15) is 0 Å². The SMILES string of the molecule is CNC(=O)C1CCCN(c2ncc(N)cc2C(=O)O)C1. The third-order valence-electron chi connectivity index (χ3n) is 3.46. The van der Waals surface area contributed by atoms with Gasteiger partial charge in [0.05, 0.1) is 17.8 Å². The number of anilines is 2. The molecular formula is C13H18N4O3. The van der Waals surface area contributed by atoms with Gasteiger partial charge in [0.25, 0.3) is 0 Å². The Labute approximate surface area is 116 Å². The van der Waals surface area contributed by atoms with Crippen LogP contribution in [0.25, 0.3) is 0 Å². The maximum atomic E-state index is 11.7. The van der Waals surface area contributed by atoms with Crippen molar-refractivity contribution in [3.63, 3.8) is 0 Å². The summed E-state index contributed by atoms with van der Waals surface area (Å²) in [5.41, 5.74) is 5.97. The third kappa shape index (κ3) is 2.81. The van der Waals surface area contributed by atoms with E-state index in [1.54, 1.807) is 7.05 Å². The third-order valence-corrected chi connectivity index (χ3v) is 3.46. The van der Waals surface area contributed by atoms with E-state index in [1.165, 1.54) is 12.3 Å². The summed E-state index contributed by atoms with van der Waals surface area (Å²) in [4.78, 5) is 29.0. The minimum absolute atomic E-state index is 0.0259. The molecule has 0 aliphatic carbocycles. The van der Waals surface area contributed by atoms with Gasteiger partial charge in [-0.25, -0.2) is 9.78 Å². The fourth-order valence-electron chi connectivity index (χ4n) is 2.47. The van der Waals surface area contributed by atoms with E-state index in [0.717, 1.165) is 12.8 Å². The van der Waals surface area contributed by atoms with Crippen molar-refractivity contribution in [2.24, 2.45) is 5.92 Å². The first-order valence-corrected chi connectivity index (χ1v) is 6.48. The van der Waals surface area contributed by atoms with Crippen LogP contribution in [0.5, 0.6) is 0 Å². The fraction of sp³-hybridized carbons (Fsp3) is 0.462. The fourth-order valence-corrected chi connectivity index (χ4v) is 2.47. The first kappa shape index (κ1) is 14.1. The first-order valence-electron chi connectivity index (χ1n) is 6.48. The van der Waals surface area contributed by atoms with Gasteiger partial charge in [-0.3, -0.25) is 4.79 Å². The summed E-state index contributed by atoms with van der Waals surface area (Å²) >= 11 is 0. The zero-order valence-electron chi connectivity index (χ0n) is 11.3. The van der Waals surface area contributed by atoms with Crippen LogP contribution in [0, 0.1) is 5.92 Å². The van der Waals surface area contributed by atoms with Crippen LogP contribution in [0.3, 0.4) is 0 Å². The molecule has 0 saturated carbocycles. The molecular weight excluding hydrogens is 260 g/mol. The summed E-state index contributed by atoms with van der Waals surface area (Å²) in [5.74, 6) is -0.862. The molecule has 4 N–H and O–H groups in total. The van der Waals surface area contributed by atoms with E-state index < -0.39 is 5.97 Å². The molecule has 0 aromatic carbocycles. The molecule has 2 heterocycles. The van der Waals surface area contributed by atoms with Gasteiger partial charge in [-0.15, -0.1) is 0 Å². The molecule has 1 amide bonds. The molecule has 1 aliphatic rings.